The van der Waals surface area contributed by atoms with Gasteiger partial charge in [0.25, 0.3) is 0 Å². The SMILES string of the molecule is Nc1ccccc1S(=O)(=O)NCCCN1CCCC1. The summed E-state index contributed by atoms with van der Waals surface area (Å²) in [6.45, 7) is 3.68. The Hall–Kier alpha value is -1.11. The molecule has 1 aromatic rings. The van der Waals surface area contributed by atoms with Gasteiger partial charge in [0.05, 0.1) is 5.69 Å². The molecule has 0 aromatic heterocycles. The fraction of sp³-hybridized carbons (Fsp3) is 0.538. The zero-order valence-electron chi connectivity index (χ0n) is 11.0. The fourth-order valence-corrected chi connectivity index (χ4v) is 3.52. The maximum atomic E-state index is 12.0. The first-order valence-corrected chi connectivity index (χ1v) is 8.14. The number of hydrogen-bond donors (Lipinski definition) is 2. The summed E-state index contributed by atoms with van der Waals surface area (Å²) in [6.07, 6.45) is 3.34. The molecule has 1 fully saturated rings. The van der Waals surface area contributed by atoms with Gasteiger partial charge in [-0.2, -0.15) is 0 Å². The molecule has 1 saturated heterocycles. The normalized spacial score (nSPS) is 16.8. The molecule has 1 aromatic carbocycles. The van der Waals surface area contributed by atoms with Crippen molar-refractivity contribution in [2.45, 2.75) is 24.2 Å². The molecule has 0 saturated carbocycles. The Kier molecular flexibility index (Phi) is 4.79. The number of rotatable bonds is 6. The van der Waals surface area contributed by atoms with E-state index in [0.717, 1.165) is 26.1 Å². The summed E-state index contributed by atoms with van der Waals surface area (Å²) in [5.74, 6) is 0. The second-order valence-corrected chi connectivity index (χ2v) is 6.57. The summed E-state index contributed by atoms with van der Waals surface area (Å²) in [6, 6.07) is 6.52. The highest BCUT2D eigenvalue weighted by atomic mass is 32.2. The molecule has 0 aliphatic carbocycles. The van der Waals surface area contributed by atoms with E-state index in [1.54, 1.807) is 18.2 Å². The molecule has 1 heterocycles. The summed E-state index contributed by atoms with van der Waals surface area (Å²) < 4.78 is 26.7. The van der Waals surface area contributed by atoms with E-state index >= 15 is 0 Å². The number of benzene rings is 1. The number of likely N-dealkylation sites (tertiary alicyclic amines) is 1. The summed E-state index contributed by atoms with van der Waals surface area (Å²) in [5, 5.41) is 0. The molecule has 6 heteroatoms. The number of nitrogens with two attached hydrogens (primary N) is 1. The standard InChI is InChI=1S/C13H21N3O2S/c14-12-6-1-2-7-13(12)19(17,18)15-8-5-11-16-9-3-4-10-16/h1-2,6-7,15H,3-5,8-11,14H2. The van der Waals surface area contributed by atoms with E-state index in [1.807, 2.05) is 0 Å². The summed E-state index contributed by atoms with van der Waals surface area (Å²) in [4.78, 5) is 2.53. The quantitative estimate of drug-likeness (QED) is 0.604. The number of sulfonamides is 1. The Morgan fingerprint density at radius 1 is 1.21 bits per heavy atom. The minimum Gasteiger partial charge on any atom is -0.398 e. The molecule has 3 N–H and O–H groups in total. The summed E-state index contributed by atoms with van der Waals surface area (Å²) in [5.41, 5.74) is 5.97. The van der Waals surface area contributed by atoms with Gasteiger partial charge in [-0.1, -0.05) is 12.1 Å². The Bertz CT molecular complexity index is 510. The first-order chi connectivity index (χ1) is 9.09. The average molecular weight is 283 g/mol. The third-order valence-corrected chi connectivity index (χ3v) is 4.89. The van der Waals surface area contributed by atoms with Crippen LogP contribution in [0, 0.1) is 0 Å². The second-order valence-electron chi connectivity index (χ2n) is 4.84. The van der Waals surface area contributed by atoms with Crippen molar-refractivity contribution < 1.29 is 8.42 Å². The topological polar surface area (TPSA) is 75.4 Å². The largest absolute Gasteiger partial charge is 0.398 e. The molecule has 0 atom stereocenters. The van der Waals surface area contributed by atoms with Crippen molar-refractivity contribution in [1.29, 1.82) is 0 Å². The van der Waals surface area contributed by atoms with Crippen molar-refractivity contribution in [3.05, 3.63) is 24.3 Å². The molecule has 0 amide bonds. The molecule has 1 aliphatic rings. The van der Waals surface area contributed by atoms with Gasteiger partial charge in [-0.25, -0.2) is 13.1 Å². The molecule has 0 bridgehead atoms. The van der Waals surface area contributed by atoms with E-state index in [9.17, 15) is 8.42 Å². The van der Waals surface area contributed by atoms with Gasteiger partial charge in [0, 0.05) is 6.54 Å². The van der Waals surface area contributed by atoms with Crippen LogP contribution in [0.2, 0.25) is 0 Å². The van der Waals surface area contributed by atoms with Gasteiger partial charge >= 0.3 is 0 Å². The summed E-state index contributed by atoms with van der Waals surface area (Å²) >= 11 is 0. The minimum atomic E-state index is -3.48. The first-order valence-electron chi connectivity index (χ1n) is 6.66. The Morgan fingerprint density at radius 3 is 2.58 bits per heavy atom. The van der Waals surface area contributed by atoms with Gasteiger partial charge in [-0.15, -0.1) is 0 Å². The lowest BCUT2D eigenvalue weighted by atomic mass is 10.3. The van der Waals surface area contributed by atoms with Crippen LogP contribution in [0.4, 0.5) is 5.69 Å². The highest BCUT2D eigenvalue weighted by Gasteiger charge is 2.16. The fourth-order valence-electron chi connectivity index (χ4n) is 2.32. The van der Waals surface area contributed by atoms with Crippen LogP contribution in [0.3, 0.4) is 0 Å². The maximum absolute atomic E-state index is 12.0. The Balaban J connectivity index is 1.82. The van der Waals surface area contributed by atoms with Gasteiger partial charge < -0.3 is 10.6 Å². The highest BCUT2D eigenvalue weighted by Crippen LogP contribution is 2.16. The van der Waals surface area contributed by atoms with Gasteiger partial charge in [0.2, 0.25) is 10.0 Å². The number of hydrogen-bond acceptors (Lipinski definition) is 4. The Morgan fingerprint density at radius 2 is 1.89 bits per heavy atom. The van der Waals surface area contributed by atoms with Crippen LogP contribution < -0.4 is 10.5 Å². The van der Waals surface area contributed by atoms with E-state index in [4.69, 9.17) is 5.73 Å². The van der Waals surface area contributed by atoms with Crippen molar-refractivity contribution in [2.75, 3.05) is 31.9 Å². The summed E-state index contributed by atoms with van der Waals surface area (Å²) in [7, 11) is -3.48. The number of nitrogen functional groups attached to an aromatic ring is 1. The lowest BCUT2D eigenvalue weighted by Crippen LogP contribution is -2.29. The Labute approximate surface area is 114 Å². The van der Waals surface area contributed by atoms with Crippen LogP contribution in [0.25, 0.3) is 0 Å². The molecule has 2 rings (SSSR count). The number of para-hydroxylation sites is 1. The number of nitrogens with zero attached hydrogens (tertiary/aromatic N) is 1. The molecular weight excluding hydrogens is 262 g/mol. The second kappa shape index (κ2) is 6.36. The molecular formula is C13H21N3O2S. The van der Waals surface area contributed by atoms with E-state index in [0.29, 0.717) is 6.54 Å². The number of anilines is 1. The highest BCUT2D eigenvalue weighted by molar-refractivity contribution is 7.89. The van der Waals surface area contributed by atoms with Crippen molar-refractivity contribution in [3.63, 3.8) is 0 Å². The van der Waals surface area contributed by atoms with Crippen LogP contribution in [0.15, 0.2) is 29.2 Å². The molecule has 5 nitrogen and oxygen atoms in total. The predicted octanol–water partition coefficient (Wildman–Crippen LogP) is 1.03. The van der Waals surface area contributed by atoms with Gasteiger partial charge in [-0.05, 0) is 51.0 Å². The van der Waals surface area contributed by atoms with Crippen molar-refractivity contribution in [2.24, 2.45) is 0 Å². The van der Waals surface area contributed by atoms with Crippen molar-refractivity contribution in [1.82, 2.24) is 9.62 Å². The van der Waals surface area contributed by atoms with Crippen LogP contribution in [-0.2, 0) is 10.0 Å². The van der Waals surface area contributed by atoms with Crippen LogP contribution in [0.5, 0.6) is 0 Å². The lowest BCUT2D eigenvalue weighted by Gasteiger charge is -2.14. The molecule has 1 aliphatic heterocycles. The zero-order chi connectivity index (χ0) is 13.7. The lowest BCUT2D eigenvalue weighted by molar-refractivity contribution is 0.334. The monoisotopic (exact) mass is 283 g/mol. The van der Waals surface area contributed by atoms with E-state index in [2.05, 4.69) is 9.62 Å². The van der Waals surface area contributed by atoms with E-state index < -0.39 is 10.0 Å². The van der Waals surface area contributed by atoms with Gasteiger partial charge in [0.15, 0.2) is 0 Å². The maximum Gasteiger partial charge on any atom is 0.242 e. The van der Waals surface area contributed by atoms with Gasteiger partial charge in [-0.3, -0.25) is 0 Å². The van der Waals surface area contributed by atoms with Gasteiger partial charge in [0.1, 0.15) is 4.90 Å². The van der Waals surface area contributed by atoms with Crippen LogP contribution >= 0.6 is 0 Å². The van der Waals surface area contributed by atoms with Crippen molar-refractivity contribution >= 4 is 15.7 Å². The molecule has 0 unspecified atom stereocenters. The molecule has 106 valence electrons. The van der Waals surface area contributed by atoms with E-state index in [-0.39, 0.29) is 10.6 Å². The average Bonchev–Trinajstić information content (AvgIpc) is 2.88. The minimum absolute atomic E-state index is 0.163. The first kappa shape index (κ1) is 14.3. The third-order valence-electron chi connectivity index (χ3n) is 3.35. The predicted molar refractivity (Wildman–Crippen MR) is 76.3 cm³/mol. The van der Waals surface area contributed by atoms with Crippen LogP contribution in [0.1, 0.15) is 19.3 Å². The third kappa shape index (κ3) is 3.92. The van der Waals surface area contributed by atoms with E-state index in [1.165, 1.54) is 18.9 Å². The smallest absolute Gasteiger partial charge is 0.242 e. The number of nitrogens with one attached hydrogen (secondary N) is 1. The molecule has 0 spiro atoms. The van der Waals surface area contributed by atoms with Crippen LogP contribution in [-0.4, -0.2) is 39.5 Å². The zero-order valence-corrected chi connectivity index (χ0v) is 11.8. The molecule has 0 radical (unpaired) electrons. The van der Waals surface area contributed by atoms with Crippen molar-refractivity contribution in [3.8, 4) is 0 Å². The molecule has 19 heavy (non-hydrogen) atoms.